The lowest BCUT2D eigenvalue weighted by atomic mass is 10.1. The number of hydrogen-bond acceptors (Lipinski definition) is 5. The number of halogens is 3. The van der Waals surface area contributed by atoms with Gasteiger partial charge in [0.2, 0.25) is 5.91 Å². The monoisotopic (exact) mass is 462 g/mol. The highest BCUT2D eigenvalue weighted by atomic mass is 19.4. The molecule has 2 aromatic heterocycles. The van der Waals surface area contributed by atoms with Crippen molar-refractivity contribution in [3.8, 4) is 5.69 Å². The molecule has 0 aliphatic heterocycles. The average molecular weight is 462 g/mol. The minimum atomic E-state index is -4.54. The highest BCUT2D eigenvalue weighted by Gasteiger charge is 2.31. The molecule has 33 heavy (non-hydrogen) atoms. The lowest BCUT2D eigenvalue weighted by Crippen LogP contribution is -2.19. The number of aromatic amines is 1. The highest BCUT2D eigenvalue weighted by molar-refractivity contribution is 6.02. The summed E-state index contributed by atoms with van der Waals surface area (Å²) in [4.78, 5) is 39.6. The van der Waals surface area contributed by atoms with Gasteiger partial charge in [-0.3, -0.25) is 9.59 Å². The summed E-state index contributed by atoms with van der Waals surface area (Å²) in [6.07, 6.45) is -4.85. The fourth-order valence-corrected chi connectivity index (χ4v) is 3.47. The summed E-state index contributed by atoms with van der Waals surface area (Å²) in [5, 5.41) is 6.77. The summed E-state index contributed by atoms with van der Waals surface area (Å²) in [6.45, 7) is 4.51. The lowest BCUT2D eigenvalue weighted by molar-refractivity contribution is -0.137. The first-order chi connectivity index (χ1) is 15.4. The fraction of sp³-hybridized carbons (Fsp3) is 0.273. The topological polar surface area (TPSA) is 106 Å². The molecule has 0 aliphatic rings. The zero-order valence-electron chi connectivity index (χ0n) is 18.3. The number of anilines is 1. The summed E-state index contributed by atoms with van der Waals surface area (Å²) in [7, 11) is 1.18. The van der Waals surface area contributed by atoms with Crippen molar-refractivity contribution < 1.29 is 32.3 Å². The van der Waals surface area contributed by atoms with Gasteiger partial charge in [0.1, 0.15) is 5.82 Å². The summed E-state index contributed by atoms with van der Waals surface area (Å²) in [5.41, 5.74) is 0.534. The molecule has 0 atom stereocenters. The number of alkyl halides is 3. The number of H-pyrrole nitrogens is 1. The Hall–Kier alpha value is -3.89. The number of ketones is 1. The number of nitrogens with zero attached hydrogens (tertiary/aromatic N) is 2. The van der Waals surface area contributed by atoms with Crippen LogP contribution in [0.2, 0.25) is 0 Å². The number of carbonyl (C=O) groups is 3. The minimum Gasteiger partial charge on any atom is -0.465 e. The van der Waals surface area contributed by atoms with Crippen molar-refractivity contribution in [3.05, 3.63) is 64.1 Å². The van der Waals surface area contributed by atoms with E-state index in [4.69, 9.17) is 4.74 Å². The van der Waals surface area contributed by atoms with Crippen molar-refractivity contribution in [1.82, 2.24) is 14.8 Å². The lowest BCUT2D eigenvalue weighted by Gasteiger charge is -2.12. The first-order valence-corrected chi connectivity index (χ1v) is 9.77. The third kappa shape index (κ3) is 4.97. The largest absolute Gasteiger partial charge is 0.465 e. The summed E-state index contributed by atoms with van der Waals surface area (Å²) in [6, 6.07) is 6.03. The second-order valence-corrected chi connectivity index (χ2v) is 7.38. The van der Waals surface area contributed by atoms with Gasteiger partial charge in [-0.15, -0.1) is 0 Å². The molecular weight excluding hydrogens is 441 g/mol. The molecule has 1 amide bonds. The molecule has 2 N–H and O–H groups in total. The zero-order chi connectivity index (χ0) is 24.5. The number of carbonyl (C=O) groups excluding carboxylic acids is 3. The molecule has 0 fully saturated rings. The van der Waals surface area contributed by atoms with Gasteiger partial charge in [0, 0.05) is 18.7 Å². The molecule has 2 heterocycles. The molecule has 0 radical (unpaired) electrons. The third-order valence-corrected chi connectivity index (χ3v) is 4.92. The third-order valence-electron chi connectivity index (χ3n) is 4.92. The Kier molecular flexibility index (Phi) is 6.43. The van der Waals surface area contributed by atoms with Crippen LogP contribution in [0.1, 0.15) is 50.3 Å². The van der Waals surface area contributed by atoms with Crippen LogP contribution >= 0.6 is 0 Å². The maximum Gasteiger partial charge on any atom is 0.416 e. The van der Waals surface area contributed by atoms with Gasteiger partial charge in [0.15, 0.2) is 5.78 Å². The molecule has 0 spiro atoms. The number of benzene rings is 1. The predicted molar refractivity (Wildman–Crippen MR) is 113 cm³/mol. The molecule has 0 saturated carbocycles. The van der Waals surface area contributed by atoms with E-state index in [0.29, 0.717) is 11.3 Å². The highest BCUT2D eigenvalue weighted by Crippen LogP contribution is 2.31. The van der Waals surface area contributed by atoms with Crippen LogP contribution in [0.4, 0.5) is 19.0 Å². The molecule has 1 aromatic carbocycles. The number of aromatic nitrogens is 3. The van der Waals surface area contributed by atoms with Crippen molar-refractivity contribution in [2.75, 3.05) is 12.4 Å². The maximum absolute atomic E-state index is 13.1. The van der Waals surface area contributed by atoms with Crippen molar-refractivity contribution >= 4 is 23.5 Å². The fourth-order valence-electron chi connectivity index (χ4n) is 3.47. The van der Waals surface area contributed by atoms with Crippen LogP contribution in [-0.2, 0) is 22.1 Å². The van der Waals surface area contributed by atoms with Gasteiger partial charge in [-0.05, 0) is 37.6 Å². The van der Waals surface area contributed by atoms with E-state index >= 15 is 0 Å². The molecule has 3 rings (SSSR count). The number of hydrogen-bond donors (Lipinski definition) is 2. The van der Waals surface area contributed by atoms with Crippen molar-refractivity contribution in [3.63, 3.8) is 0 Å². The van der Waals surface area contributed by atoms with Crippen molar-refractivity contribution in [2.45, 2.75) is 33.4 Å². The number of methoxy groups -OCH3 is 1. The van der Waals surface area contributed by atoms with Crippen LogP contribution in [0.5, 0.6) is 0 Å². The second-order valence-electron chi connectivity index (χ2n) is 7.38. The van der Waals surface area contributed by atoms with Crippen LogP contribution in [0.25, 0.3) is 5.69 Å². The average Bonchev–Trinajstić information content (AvgIpc) is 3.26. The first kappa shape index (κ1) is 23.8. The van der Waals surface area contributed by atoms with Gasteiger partial charge in [-0.25, -0.2) is 9.48 Å². The number of esters is 1. The van der Waals surface area contributed by atoms with E-state index in [9.17, 15) is 27.6 Å². The van der Waals surface area contributed by atoms with Crippen molar-refractivity contribution in [1.29, 1.82) is 0 Å². The number of ether oxygens (including phenoxy) is 1. The second kappa shape index (κ2) is 8.93. The minimum absolute atomic E-state index is 0.0837. The molecular formula is C22H21F3N4O4. The molecule has 0 aliphatic carbocycles. The molecule has 0 unspecified atom stereocenters. The smallest absolute Gasteiger partial charge is 0.416 e. The van der Waals surface area contributed by atoms with Crippen LogP contribution in [0.3, 0.4) is 0 Å². The Morgan fingerprint density at radius 2 is 1.88 bits per heavy atom. The quantitative estimate of drug-likeness (QED) is 0.425. The van der Waals surface area contributed by atoms with Crippen LogP contribution < -0.4 is 5.32 Å². The Morgan fingerprint density at radius 3 is 2.48 bits per heavy atom. The predicted octanol–water partition coefficient (Wildman–Crippen LogP) is 4.01. The number of aryl methyl sites for hydroxylation is 1. The molecule has 0 saturated heterocycles. The zero-order valence-corrected chi connectivity index (χ0v) is 18.3. The molecule has 8 nitrogen and oxygen atoms in total. The molecule has 3 aromatic rings. The molecule has 0 bridgehead atoms. The van der Waals surface area contributed by atoms with Crippen LogP contribution in [0, 0.1) is 13.8 Å². The Labute approximate surface area is 186 Å². The maximum atomic E-state index is 13.1. The van der Waals surface area contributed by atoms with Crippen LogP contribution in [0.15, 0.2) is 30.3 Å². The van der Waals surface area contributed by atoms with Gasteiger partial charge < -0.3 is 15.0 Å². The van der Waals surface area contributed by atoms with Gasteiger partial charge in [-0.2, -0.15) is 18.3 Å². The van der Waals surface area contributed by atoms with E-state index in [-0.39, 0.29) is 40.7 Å². The van der Waals surface area contributed by atoms with E-state index < -0.39 is 23.6 Å². The van der Waals surface area contributed by atoms with Crippen molar-refractivity contribution in [2.24, 2.45) is 0 Å². The van der Waals surface area contributed by atoms with E-state index in [1.165, 1.54) is 36.9 Å². The Bertz CT molecular complexity index is 1240. The number of amides is 1. The normalized spacial score (nSPS) is 11.4. The van der Waals surface area contributed by atoms with E-state index in [0.717, 1.165) is 12.1 Å². The number of Topliss-reactive ketones (excluding diaryl/α,β-unsaturated/α-hetero) is 1. The Balaban J connectivity index is 1.91. The molecule has 174 valence electrons. The SMILES string of the molecule is COC(=O)c1c(CC(=O)Nc2cc(C)nn2-c2cccc(C(F)(F)F)c2)[nH]c(C(C)=O)c1C. The number of nitrogens with one attached hydrogen (secondary N) is 2. The summed E-state index contributed by atoms with van der Waals surface area (Å²) >= 11 is 0. The summed E-state index contributed by atoms with van der Waals surface area (Å²) < 4.78 is 45.2. The van der Waals surface area contributed by atoms with Gasteiger partial charge in [0.25, 0.3) is 0 Å². The van der Waals surface area contributed by atoms with E-state index in [1.807, 2.05) is 0 Å². The standard InChI is InChI=1S/C22H21F3N4O4/c1-11-8-17(29(28-11)15-7-5-6-14(9-15)22(23,24)25)27-18(31)10-16-19(21(32)33-4)12(2)20(26-16)13(3)30/h5-9,26H,10H2,1-4H3,(H,27,31). The summed E-state index contributed by atoms with van der Waals surface area (Å²) in [5.74, 6) is -1.46. The number of rotatable bonds is 6. The van der Waals surface area contributed by atoms with E-state index in [2.05, 4.69) is 15.4 Å². The van der Waals surface area contributed by atoms with Crippen LogP contribution in [-0.4, -0.2) is 39.5 Å². The first-order valence-electron chi connectivity index (χ1n) is 9.77. The van der Waals surface area contributed by atoms with E-state index in [1.54, 1.807) is 13.8 Å². The van der Waals surface area contributed by atoms with Gasteiger partial charge in [0.05, 0.1) is 41.7 Å². The van der Waals surface area contributed by atoms with Gasteiger partial charge in [-0.1, -0.05) is 6.07 Å². The van der Waals surface area contributed by atoms with Gasteiger partial charge >= 0.3 is 12.1 Å². The Morgan fingerprint density at radius 1 is 1.18 bits per heavy atom. The molecule has 11 heteroatoms.